The molecule has 0 atom stereocenters. The highest BCUT2D eigenvalue weighted by Crippen LogP contribution is 2.21. The van der Waals surface area contributed by atoms with E-state index in [2.05, 4.69) is 4.98 Å². The van der Waals surface area contributed by atoms with Gasteiger partial charge in [0.1, 0.15) is 0 Å². The van der Waals surface area contributed by atoms with Crippen LogP contribution in [0.5, 0.6) is 0 Å². The Morgan fingerprint density at radius 1 is 1.24 bits per heavy atom. The van der Waals surface area contributed by atoms with Crippen molar-refractivity contribution in [2.75, 3.05) is 13.1 Å². The summed E-state index contributed by atoms with van der Waals surface area (Å²) in [6.45, 7) is 3.70. The first-order valence-corrected chi connectivity index (χ1v) is 7.46. The summed E-state index contributed by atoms with van der Waals surface area (Å²) >= 11 is 11.9. The molecule has 0 N–H and O–H groups in total. The van der Waals surface area contributed by atoms with E-state index in [0.29, 0.717) is 28.7 Å². The average Bonchev–Trinajstić information content (AvgIpc) is 2.47. The van der Waals surface area contributed by atoms with E-state index in [9.17, 15) is 4.79 Å². The Kier molecular flexibility index (Phi) is 5.74. The lowest BCUT2D eigenvalue weighted by Crippen LogP contribution is -2.29. The number of benzene rings is 1. The number of pyridine rings is 1. The summed E-state index contributed by atoms with van der Waals surface area (Å²) in [6, 6.07) is 10.7. The monoisotopic (exact) mass is 322 g/mol. The van der Waals surface area contributed by atoms with Crippen molar-refractivity contribution in [3.63, 3.8) is 0 Å². The molecule has 1 aromatic carbocycles. The van der Waals surface area contributed by atoms with Crippen LogP contribution in [0.15, 0.2) is 42.6 Å². The third kappa shape index (κ3) is 4.53. The van der Waals surface area contributed by atoms with Crippen molar-refractivity contribution < 1.29 is 4.79 Å². The highest BCUT2D eigenvalue weighted by molar-refractivity contribution is 6.36. The molecule has 0 aliphatic rings. The van der Waals surface area contributed by atoms with E-state index in [1.807, 2.05) is 30.0 Å². The summed E-state index contributed by atoms with van der Waals surface area (Å²) in [5.41, 5.74) is 1.44. The van der Waals surface area contributed by atoms with Crippen LogP contribution in [0.2, 0.25) is 10.0 Å². The number of halogens is 2. The molecule has 2 rings (SSSR count). The second-order valence-corrected chi connectivity index (χ2v) is 5.52. The summed E-state index contributed by atoms with van der Waals surface area (Å²) in [5, 5.41) is 0.916. The van der Waals surface area contributed by atoms with Crippen molar-refractivity contribution in [2.45, 2.75) is 13.5 Å². The van der Waals surface area contributed by atoms with Crippen LogP contribution in [0.3, 0.4) is 0 Å². The maximum atomic E-state index is 12.3. The van der Waals surface area contributed by atoms with E-state index >= 15 is 0 Å². The lowest BCUT2D eigenvalue weighted by atomic mass is 10.1. The van der Waals surface area contributed by atoms with Crippen LogP contribution < -0.4 is 0 Å². The standard InChI is InChI=1S/C16H16Cl2N2O/c1-2-20(10-13-5-3-4-8-19-13)11-16(21)14-7-6-12(17)9-15(14)18/h3-9H,2,10-11H2,1H3. The number of ketones is 1. The van der Waals surface area contributed by atoms with Gasteiger partial charge < -0.3 is 0 Å². The van der Waals surface area contributed by atoms with Gasteiger partial charge in [0, 0.05) is 23.3 Å². The molecule has 5 heteroatoms. The number of Topliss-reactive ketones (excluding diaryl/α,β-unsaturated/α-hetero) is 1. The first kappa shape index (κ1) is 16.0. The third-order valence-electron chi connectivity index (χ3n) is 3.16. The van der Waals surface area contributed by atoms with Gasteiger partial charge in [-0.3, -0.25) is 14.7 Å². The van der Waals surface area contributed by atoms with E-state index in [0.717, 1.165) is 12.2 Å². The lowest BCUT2D eigenvalue weighted by molar-refractivity contribution is 0.0929. The molecule has 21 heavy (non-hydrogen) atoms. The Hall–Kier alpha value is -1.42. The summed E-state index contributed by atoms with van der Waals surface area (Å²) in [6.07, 6.45) is 1.75. The normalized spacial score (nSPS) is 10.9. The first-order chi connectivity index (χ1) is 10.1. The quantitative estimate of drug-likeness (QED) is 0.751. The molecule has 0 radical (unpaired) electrons. The van der Waals surface area contributed by atoms with Crippen LogP contribution in [-0.2, 0) is 6.54 Å². The Morgan fingerprint density at radius 3 is 2.67 bits per heavy atom. The van der Waals surface area contributed by atoms with Crippen LogP contribution in [0.25, 0.3) is 0 Å². The second-order valence-electron chi connectivity index (χ2n) is 4.67. The fourth-order valence-electron chi connectivity index (χ4n) is 2.00. The number of hydrogen-bond donors (Lipinski definition) is 0. The second kappa shape index (κ2) is 7.55. The molecule has 0 amide bonds. The van der Waals surface area contributed by atoms with E-state index in [-0.39, 0.29) is 5.78 Å². The Bertz CT molecular complexity index is 617. The Balaban J connectivity index is 2.06. The number of rotatable bonds is 6. The van der Waals surface area contributed by atoms with E-state index in [4.69, 9.17) is 23.2 Å². The third-order valence-corrected chi connectivity index (χ3v) is 3.71. The number of carbonyl (C=O) groups excluding carboxylic acids is 1. The lowest BCUT2D eigenvalue weighted by Gasteiger charge is -2.19. The van der Waals surface area contributed by atoms with Crippen molar-refractivity contribution in [1.82, 2.24) is 9.88 Å². The molecular formula is C16H16Cl2N2O. The molecular weight excluding hydrogens is 307 g/mol. The van der Waals surface area contributed by atoms with Crippen LogP contribution in [0, 0.1) is 0 Å². The van der Waals surface area contributed by atoms with Crippen molar-refractivity contribution >= 4 is 29.0 Å². The zero-order valence-electron chi connectivity index (χ0n) is 11.7. The number of carbonyl (C=O) groups is 1. The zero-order valence-corrected chi connectivity index (χ0v) is 13.2. The van der Waals surface area contributed by atoms with Crippen molar-refractivity contribution in [1.29, 1.82) is 0 Å². The van der Waals surface area contributed by atoms with Crippen LogP contribution >= 0.6 is 23.2 Å². The van der Waals surface area contributed by atoms with E-state index in [1.54, 1.807) is 24.4 Å². The summed E-state index contributed by atoms with van der Waals surface area (Å²) < 4.78 is 0. The van der Waals surface area contributed by atoms with Crippen LogP contribution in [0.4, 0.5) is 0 Å². The fourth-order valence-corrected chi connectivity index (χ4v) is 2.52. The maximum Gasteiger partial charge on any atom is 0.178 e. The van der Waals surface area contributed by atoms with Gasteiger partial charge in [0.05, 0.1) is 17.3 Å². The molecule has 0 bridgehead atoms. The van der Waals surface area contributed by atoms with E-state index in [1.165, 1.54) is 0 Å². The molecule has 3 nitrogen and oxygen atoms in total. The highest BCUT2D eigenvalue weighted by Gasteiger charge is 2.15. The predicted octanol–water partition coefficient (Wildman–Crippen LogP) is 4.09. The topological polar surface area (TPSA) is 33.2 Å². The van der Waals surface area contributed by atoms with E-state index < -0.39 is 0 Å². The smallest absolute Gasteiger partial charge is 0.178 e. The Morgan fingerprint density at radius 2 is 2.05 bits per heavy atom. The highest BCUT2D eigenvalue weighted by atomic mass is 35.5. The molecule has 0 aliphatic carbocycles. The molecule has 0 aliphatic heterocycles. The molecule has 1 heterocycles. The van der Waals surface area contributed by atoms with Gasteiger partial charge in [-0.1, -0.05) is 36.2 Å². The number of likely N-dealkylation sites (N-methyl/N-ethyl adjacent to an activating group) is 1. The van der Waals surface area contributed by atoms with Crippen LogP contribution in [0.1, 0.15) is 23.0 Å². The molecule has 0 unspecified atom stereocenters. The SMILES string of the molecule is CCN(CC(=O)c1ccc(Cl)cc1Cl)Cc1ccccn1. The van der Waals surface area contributed by atoms with Crippen molar-refractivity contribution in [2.24, 2.45) is 0 Å². The molecule has 0 fully saturated rings. The molecule has 1 aromatic heterocycles. The minimum Gasteiger partial charge on any atom is -0.293 e. The molecule has 110 valence electrons. The molecule has 2 aromatic rings. The largest absolute Gasteiger partial charge is 0.293 e. The van der Waals surface area contributed by atoms with Gasteiger partial charge in [-0.15, -0.1) is 0 Å². The number of nitrogens with zero attached hydrogens (tertiary/aromatic N) is 2. The van der Waals surface area contributed by atoms with Crippen LogP contribution in [-0.4, -0.2) is 28.8 Å². The molecule has 0 spiro atoms. The van der Waals surface area contributed by atoms with Gasteiger partial charge in [-0.05, 0) is 36.9 Å². The first-order valence-electron chi connectivity index (χ1n) is 6.70. The van der Waals surface area contributed by atoms with Gasteiger partial charge in [0.15, 0.2) is 5.78 Å². The van der Waals surface area contributed by atoms with Crippen molar-refractivity contribution in [3.05, 3.63) is 63.9 Å². The Labute approximate surface area is 134 Å². The van der Waals surface area contributed by atoms with Gasteiger partial charge in [-0.25, -0.2) is 0 Å². The minimum absolute atomic E-state index is 0.0190. The number of hydrogen-bond acceptors (Lipinski definition) is 3. The molecule has 0 saturated heterocycles. The van der Waals surface area contributed by atoms with Gasteiger partial charge >= 0.3 is 0 Å². The average molecular weight is 323 g/mol. The summed E-state index contributed by atoms with van der Waals surface area (Å²) in [4.78, 5) is 18.6. The fraction of sp³-hybridized carbons (Fsp3) is 0.250. The van der Waals surface area contributed by atoms with Gasteiger partial charge in [0.2, 0.25) is 0 Å². The van der Waals surface area contributed by atoms with Gasteiger partial charge in [-0.2, -0.15) is 0 Å². The minimum atomic E-state index is -0.0190. The van der Waals surface area contributed by atoms with Crippen molar-refractivity contribution in [3.8, 4) is 0 Å². The predicted molar refractivity (Wildman–Crippen MR) is 86.0 cm³/mol. The number of aromatic nitrogens is 1. The maximum absolute atomic E-state index is 12.3. The zero-order chi connectivity index (χ0) is 15.2. The summed E-state index contributed by atoms with van der Waals surface area (Å²) in [5.74, 6) is -0.0190. The summed E-state index contributed by atoms with van der Waals surface area (Å²) in [7, 11) is 0. The molecule has 0 saturated carbocycles. The van der Waals surface area contributed by atoms with Gasteiger partial charge in [0.25, 0.3) is 0 Å².